The summed E-state index contributed by atoms with van der Waals surface area (Å²) in [4.78, 5) is 22.2. The van der Waals surface area contributed by atoms with Gasteiger partial charge in [-0.05, 0) is 6.07 Å². The zero-order valence-electron chi connectivity index (χ0n) is 12.3. The third-order valence-electron chi connectivity index (χ3n) is 2.74. The quantitative estimate of drug-likeness (QED) is 0.397. The van der Waals surface area contributed by atoms with Gasteiger partial charge in [0.2, 0.25) is 0 Å². The summed E-state index contributed by atoms with van der Waals surface area (Å²) in [5, 5.41) is 0. The second-order valence-electron chi connectivity index (χ2n) is 4.26. The number of carbonyl (C=O) groups is 2. The number of methoxy groups -OCH3 is 2. The van der Waals surface area contributed by atoms with E-state index in [2.05, 4.69) is 4.74 Å². The molecule has 0 aliphatic heterocycles. The maximum Gasteiger partial charge on any atom is 0.313 e. The van der Waals surface area contributed by atoms with E-state index in [1.54, 1.807) is 7.11 Å². The maximum atomic E-state index is 11.3. The number of Topliss-reactive ketones (excluding diaryl/α,β-unsaturated/α-hetero) is 1. The van der Waals surface area contributed by atoms with Gasteiger partial charge < -0.3 is 14.2 Å². The highest BCUT2D eigenvalue weighted by molar-refractivity contribution is 5.95. The van der Waals surface area contributed by atoms with Crippen LogP contribution in [0, 0.1) is 0 Å². The standard InChI is InChI=1S/C16H20O5/c1-19-15-8-4-3-6-13(15)7-5-10-21-11-9-14(17)12-16(18)20-2/h3-8H,9-12H2,1-2H3/b7-5+. The van der Waals surface area contributed by atoms with Gasteiger partial charge in [-0.15, -0.1) is 0 Å². The Kier molecular flexibility index (Phi) is 7.82. The van der Waals surface area contributed by atoms with E-state index >= 15 is 0 Å². The number of ether oxygens (including phenoxy) is 3. The lowest BCUT2D eigenvalue weighted by Gasteiger charge is -2.03. The third kappa shape index (κ3) is 6.72. The number of hydrogen-bond donors (Lipinski definition) is 0. The topological polar surface area (TPSA) is 61.8 Å². The molecule has 1 aromatic carbocycles. The molecule has 0 aliphatic rings. The van der Waals surface area contributed by atoms with Gasteiger partial charge in [-0.3, -0.25) is 9.59 Å². The Hall–Kier alpha value is -2.14. The molecule has 1 aromatic rings. The molecule has 114 valence electrons. The van der Waals surface area contributed by atoms with E-state index in [9.17, 15) is 9.59 Å². The first-order valence-electron chi connectivity index (χ1n) is 6.63. The van der Waals surface area contributed by atoms with Crippen LogP contribution in [0.5, 0.6) is 5.75 Å². The summed E-state index contributed by atoms with van der Waals surface area (Å²) in [6.07, 6.45) is 3.76. The van der Waals surface area contributed by atoms with E-state index in [1.165, 1.54) is 7.11 Å². The fourth-order valence-corrected chi connectivity index (χ4v) is 1.64. The highest BCUT2D eigenvalue weighted by Crippen LogP contribution is 2.18. The van der Waals surface area contributed by atoms with Crippen LogP contribution >= 0.6 is 0 Å². The lowest BCUT2D eigenvalue weighted by atomic mass is 10.2. The smallest absolute Gasteiger partial charge is 0.313 e. The van der Waals surface area contributed by atoms with Crippen molar-refractivity contribution in [2.75, 3.05) is 27.4 Å². The van der Waals surface area contributed by atoms with Crippen LogP contribution < -0.4 is 4.74 Å². The van der Waals surface area contributed by atoms with Crippen molar-refractivity contribution >= 4 is 17.8 Å². The van der Waals surface area contributed by atoms with E-state index in [4.69, 9.17) is 9.47 Å². The van der Waals surface area contributed by atoms with Crippen LogP contribution in [0.15, 0.2) is 30.3 Å². The number of esters is 1. The monoisotopic (exact) mass is 292 g/mol. The lowest BCUT2D eigenvalue weighted by Crippen LogP contribution is -2.11. The number of hydrogen-bond acceptors (Lipinski definition) is 5. The number of para-hydroxylation sites is 1. The predicted octanol–water partition coefficient (Wildman–Crippen LogP) is 2.25. The van der Waals surface area contributed by atoms with Crippen LogP contribution in [0.4, 0.5) is 0 Å². The first kappa shape index (κ1) is 16.9. The molecule has 0 heterocycles. The lowest BCUT2D eigenvalue weighted by molar-refractivity contribution is -0.143. The van der Waals surface area contributed by atoms with Gasteiger partial charge in [0.1, 0.15) is 18.0 Å². The molecule has 5 nitrogen and oxygen atoms in total. The largest absolute Gasteiger partial charge is 0.496 e. The molecule has 0 atom stereocenters. The summed E-state index contributed by atoms with van der Waals surface area (Å²) >= 11 is 0. The van der Waals surface area contributed by atoms with Crippen molar-refractivity contribution in [3.05, 3.63) is 35.9 Å². The Morgan fingerprint density at radius 1 is 1.19 bits per heavy atom. The van der Waals surface area contributed by atoms with Crippen LogP contribution in [0.3, 0.4) is 0 Å². The van der Waals surface area contributed by atoms with Crippen molar-refractivity contribution < 1.29 is 23.8 Å². The summed E-state index contributed by atoms with van der Waals surface area (Å²) in [5.74, 6) is 0.0913. The van der Waals surface area contributed by atoms with Crippen molar-refractivity contribution in [1.29, 1.82) is 0 Å². The molecule has 5 heteroatoms. The molecule has 0 saturated carbocycles. The van der Waals surface area contributed by atoms with Crippen LogP contribution in [-0.2, 0) is 19.1 Å². The molecule has 0 fully saturated rings. The van der Waals surface area contributed by atoms with Crippen LogP contribution in [0.1, 0.15) is 18.4 Å². The van der Waals surface area contributed by atoms with Gasteiger partial charge in [-0.2, -0.15) is 0 Å². The van der Waals surface area contributed by atoms with Crippen LogP contribution in [0.25, 0.3) is 6.08 Å². The minimum Gasteiger partial charge on any atom is -0.496 e. The minimum atomic E-state index is -0.518. The molecule has 0 amide bonds. The maximum absolute atomic E-state index is 11.3. The Morgan fingerprint density at radius 3 is 2.67 bits per heavy atom. The van der Waals surface area contributed by atoms with E-state index in [1.807, 2.05) is 36.4 Å². The summed E-state index contributed by atoms with van der Waals surface area (Å²) in [6.45, 7) is 0.676. The van der Waals surface area contributed by atoms with Gasteiger partial charge in [-0.1, -0.05) is 30.4 Å². The molecule has 0 bridgehead atoms. The highest BCUT2D eigenvalue weighted by atomic mass is 16.5. The number of carbonyl (C=O) groups excluding carboxylic acids is 2. The van der Waals surface area contributed by atoms with Gasteiger partial charge in [0, 0.05) is 12.0 Å². The average Bonchev–Trinajstić information content (AvgIpc) is 2.50. The minimum absolute atomic E-state index is 0.185. The number of benzene rings is 1. The molecular weight excluding hydrogens is 272 g/mol. The molecule has 0 saturated heterocycles. The fraction of sp³-hybridized carbons (Fsp3) is 0.375. The van der Waals surface area contributed by atoms with E-state index in [-0.39, 0.29) is 25.2 Å². The second kappa shape index (κ2) is 9.72. The Labute approximate surface area is 124 Å². The Balaban J connectivity index is 2.23. The Bertz CT molecular complexity index is 493. The van der Waals surface area contributed by atoms with Gasteiger partial charge in [0.15, 0.2) is 0 Å². The SMILES string of the molecule is COC(=O)CC(=O)CCOC/C=C/c1ccccc1OC. The predicted molar refractivity (Wildman–Crippen MR) is 79.1 cm³/mol. The van der Waals surface area contributed by atoms with Crippen molar-refractivity contribution in [3.63, 3.8) is 0 Å². The molecule has 21 heavy (non-hydrogen) atoms. The van der Waals surface area contributed by atoms with Crippen molar-refractivity contribution in [2.45, 2.75) is 12.8 Å². The molecule has 1 rings (SSSR count). The van der Waals surface area contributed by atoms with Gasteiger partial charge in [0.25, 0.3) is 0 Å². The van der Waals surface area contributed by atoms with Crippen LogP contribution in [-0.4, -0.2) is 39.2 Å². The summed E-state index contributed by atoms with van der Waals surface area (Å²) in [7, 11) is 2.88. The summed E-state index contributed by atoms with van der Waals surface area (Å²) in [5.41, 5.74) is 0.963. The molecule has 0 aliphatic carbocycles. The summed E-state index contributed by atoms with van der Waals surface area (Å²) < 4.78 is 14.9. The van der Waals surface area contributed by atoms with E-state index in [0.29, 0.717) is 6.61 Å². The third-order valence-corrected chi connectivity index (χ3v) is 2.74. The van der Waals surface area contributed by atoms with Crippen molar-refractivity contribution in [2.24, 2.45) is 0 Å². The van der Waals surface area contributed by atoms with Crippen molar-refractivity contribution in [1.82, 2.24) is 0 Å². The zero-order chi connectivity index (χ0) is 15.5. The first-order valence-corrected chi connectivity index (χ1v) is 6.63. The van der Waals surface area contributed by atoms with Gasteiger partial charge in [-0.25, -0.2) is 0 Å². The number of ketones is 1. The zero-order valence-corrected chi connectivity index (χ0v) is 12.3. The first-order chi connectivity index (χ1) is 10.2. The molecule has 0 aromatic heterocycles. The molecule has 0 radical (unpaired) electrons. The Morgan fingerprint density at radius 2 is 1.95 bits per heavy atom. The second-order valence-corrected chi connectivity index (χ2v) is 4.26. The van der Waals surface area contributed by atoms with E-state index in [0.717, 1.165) is 11.3 Å². The molecule has 0 spiro atoms. The van der Waals surface area contributed by atoms with Crippen LogP contribution in [0.2, 0.25) is 0 Å². The summed E-state index contributed by atoms with van der Waals surface area (Å²) in [6, 6.07) is 7.65. The van der Waals surface area contributed by atoms with Crippen molar-refractivity contribution in [3.8, 4) is 5.75 Å². The van der Waals surface area contributed by atoms with Gasteiger partial charge in [0.05, 0.1) is 27.4 Å². The highest BCUT2D eigenvalue weighted by Gasteiger charge is 2.08. The van der Waals surface area contributed by atoms with E-state index < -0.39 is 5.97 Å². The molecule has 0 unspecified atom stereocenters. The number of rotatable bonds is 9. The molecular formula is C16H20O5. The van der Waals surface area contributed by atoms with Gasteiger partial charge >= 0.3 is 5.97 Å². The average molecular weight is 292 g/mol. The molecule has 0 N–H and O–H groups in total. The normalized spacial score (nSPS) is 10.6. The fourth-order valence-electron chi connectivity index (χ4n) is 1.64.